The molecule has 0 bridgehead atoms. The molecule has 1 amide bonds. The number of pyridine rings is 1. The molecular weight excluding hydrogens is 277 g/mol. The zero-order valence-corrected chi connectivity index (χ0v) is 10.1. The van der Waals surface area contributed by atoms with Crippen LogP contribution in [0.1, 0.15) is 28.9 Å². The number of hydrogen-bond acceptors (Lipinski definition) is 3. The monoisotopic (exact) mass is 288 g/mol. The van der Waals surface area contributed by atoms with Crippen LogP contribution >= 0.6 is 0 Å². The molecule has 0 aliphatic heterocycles. The summed E-state index contributed by atoms with van der Waals surface area (Å²) in [5.41, 5.74) is -1.06. The summed E-state index contributed by atoms with van der Waals surface area (Å²) < 4.78 is 37.0. The van der Waals surface area contributed by atoms with E-state index in [0.29, 0.717) is 19.0 Å². The van der Waals surface area contributed by atoms with Crippen molar-refractivity contribution in [3.8, 4) is 0 Å². The van der Waals surface area contributed by atoms with Gasteiger partial charge in [-0.05, 0) is 25.0 Å². The molecule has 1 aliphatic carbocycles. The van der Waals surface area contributed by atoms with Crippen LogP contribution in [0.3, 0.4) is 0 Å². The number of hydrogen-bond donors (Lipinski definition) is 2. The predicted molar refractivity (Wildman–Crippen MR) is 60.9 cm³/mol. The summed E-state index contributed by atoms with van der Waals surface area (Å²) in [5.74, 6) is -1.99. The first-order valence-electron chi connectivity index (χ1n) is 5.84. The van der Waals surface area contributed by atoms with Crippen molar-refractivity contribution in [3.05, 3.63) is 29.6 Å². The van der Waals surface area contributed by atoms with E-state index in [0.717, 1.165) is 12.1 Å². The third-order valence-electron chi connectivity index (χ3n) is 3.15. The molecule has 1 saturated carbocycles. The fraction of sp³-hybridized carbons (Fsp3) is 0.417. The smallest absolute Gasteiger partial charge is 0.417 e. The molecule has 2 N–H and O–H groups in total. The minimum absolute atomic E-state index is 0.128. The second-order valence-corrected chi connectivity index (χ2v) is 4.61. The summed E-state index contributed by atoms with van der Waals surface area (Å²) in [6, 6.07) is 1.50. The van der Waals surface area contributed by atoms with Crippen molar-refractivity contribution < 1.29 is 27.9 Å². The number of halogens is 3. The zero-order chi connectivity index (χ0) is 14.9. The molecule has 0 aromatic carbocycles. The highest BCUT2D eigenvalue weighted by Gasteiger charge is 2.36. The molecule has 0 radical (unpaired) electrons. The molecule has 8 heteroatoms. The number of nitrogens with zero attached hydrogens (tertiary/aromatic N) is 1. The van der Waals surface area contributed by atoms with Crippen LogP contribution in [0.2, 0.25) is 0 Å². The first-order valence-corrected chi connectivity index (χ1v) is 5.84. The number of carbonyl (C=O) groups excluding carboxylic acids is 1. The van der Waals surface area contributed by atoms with Gasteiger partial charge in [-0.15, -0.1) is 0 Å². The Labute approximate surface area is 111 Å². The van der Waals surface area contributed by atoms with Crippen LogP contribution < -0.4 is 5.32 Å². The lowest BCUT2D eigenvalue weighted by Crippen LogP contribution is -2.46. The van der Waals surface area contributed by atoms with Gasteiger partial charge in [-0.25, -0.2) is 0 Å². The van der Waals surface area contributed by atoms with Crippen molar-refractivity contribution in [2.45, 2.75) is 25.1 Å². The maximum Gasteiger partial charge on any atom is 0.417 e. The van der Waals surface area contributed by atoms with Gasteiger partial charge in [0.25, 0.3) is 5.91 Å². The fourth-order valence-electron chi connectivity index (χ4n) is 1.89. The second-order valence-electron chi connectivity index (χ2n) is 4.61. The highest BCUT2D eigenvalue weighted by atomic mass is 19.4. The van der Waals surface area contributed by atoms with Gasteiger partial charge in [-0.3, -0.25) is 14.6 Å². The number of alkyl halides is 3. The Kier molecular flexibility index (Phi) is 3.65. The Balaban J connectivity index is 1.92. The number of amides is 1. The van der Waals surface area contributed by atoms with Gasteiger partial charge in [0.15, 0.2) is 0 Å². The molecule has 1 aliphatic rings. The molecule has 1 fully saturated rings. The van der Waals surface area contributed by atoms with Crippen molar-refractivity contribution in [1.82, 2.24) is 10.3 Å². The van der Waals surface area contributed by atoms with E-state index < -0.39 is 29.5 Å². The van der Waals surface area contributed by atoms with Crippen LogP contribution in [0, 0.1) is 5.92 Å². The van der Waals surface area contributed by atoms with Crippen molar-refractivity contribution in [1.29, 1.82) is 0 Å². The molecule has 1 aromatic heterocycles. The van der Waals surface area contributed by atoms with E-state index in [1.54, 1.807) is 0 Å². The van der Waals surface area contributed by atoms with E-state index in [1.807, 2.05) is 0 Å². The van der Waals surface area contributed by atoms with Crippen LogP contribution in [-0.4, -0.2) is 28.0 Å². The number of nitrogens with one attached hydrogen (secondary N) is 1. The molecular formula is C12H11F3N2O3. The van der Waals surface area contributed by atoms with Gasteiger partial charge in [0.05, 0.1) is 11.5 Å². The minimum Gasteiger partial charge on any atom is -0.481 e. The molecule has 20 heavy (non-hydrogen) atoms. The van der Waals surface area contributed by atoms with Crippen LogP contribution in [0.25, 0.3) is 0 Å². The summed E-state index contributed by atoms with van der Waals surface area (Å²) in [6.07, 6.45) is -3.26. The Bertz CT molecular complexity index is 522. The summed E-state index contributed by atoms with van der Waals surface area (Å²) in [6.45, 7) is 0. The standard InChI is InChI=1S/C12H11F3N2O3/c13-12(14,15)7-1-2-9(16-5-7)10(18)17-8-3-6(4-8)11(19)20/h1-2,5-6,8H,3-4H2,(H,17,18)(H,19,20). The van der Waals surface area contributed by atoms with E-state index in [2.05, 4.69) is 10.3 Å². The summed E-state index contributed by atoms with van der Waals surface area (Å²) in [5, 5.41) is 11.2. The van der Waals surface area contributed by atoms with Crippen LogP contribution in [0.5, 0.6) is 0 Å². The van der Waals surface area contributed by atoms with E-state index in [9.17, 15) is 22.8 Å². The molecule has 1 heterocycles. The number of carboxylic acid groups (broad SMARTS) is 1. The lowest BCUT2D eigenvalue weighted by atomic mass is 9.80. The normalized spacial score (nSPS) is 21.9. The first kappa shape index (κ1) is 14.3. The van der Waals surface area contributed by atoms with E-state index in [-0.39, 0.29) is 11.7 Å². The Morgan fingerprint density at radius 2 is 1.95 bits per heavy atom. The number of aliphatic carboxylic acids is 1. The van der Waals surface area contributed by atoms with E-state index in [4.69, 9.17) is 5.11 Å². The number of aromatic nitrogens is 1. The largest absolute Gasteiger partial charge is 0.481 e. The molecule has 5 nitrogen and oxygen atoms in total. The van der Waals surface area contributed by atoms with Crippen molar-refractivity contribution in [3.63, 3.8) is 0 Å². The Morgan fingerprint density at radius 3 is 2.40 bits per heavy atom. The molecule has 2 rings (SSSR count). The van der Waals surface area contributed by atoms with Crippen LogP contribution in [0.15, 0.2) is 18.3 Å². The number of rotatable bonds is 3. The average Bonchev–Trinajstić information content (AvgIpc) is 2.31. The maximum atomic E-state index is 12.3. The SMILES string of the molecule is O=C(NC1CC(C(=O)O)C1)c1ccc(C(F)(F)F)cn1. The lowest BCUT2D eigenvalue weighted by molar-refractivity contribution is -0.145. The molecule has 0 atom stereocenters. The molecule has 108 valence electrons. The van der Waals surface area contributed by atoms with Gasteiger partial charge in [0.2, 0.25) is 0 Å². The van der Waals surface area contributed by atoms with E-state index in [1.165, 1.54) is 0 Å². The Morgan fingerprint density at radius 1 is 1.30 bits per heavy atom. The Hall–Kier alpha value is -2.12. The maximum absolute atomic E-state index is 12.3. The highest BCUT2D eigenvalue weighted by molar-refractivity contribution is 5.92. The topological polar surface area (TPSA) is 79.3 Å². The van der Waals surface area contributed by atoms with Gasteiger partial charge >= 0.3 is 12.1 Å². The third kappa shape index (κ3) is 3.06. The number of carboxylic acids is 1. The van der Waals surface area contributed by atoms with Gasteiger partial charge in [-0.1, -0.05) is 0 Å². The highest BCUT2D eigenvalue weighted by Crippen LogP contribution is 2.29. The van der Waals surface area contributed by atoms with Gasteiger partial charge in [-0.2, -0.15) is 13.2 Å². The molecule has 1 aromatic rings. The quantitative estimate of drug-likeness (QED) is 0.887. The third-order valence-corrected chi connectivity index (χ3v) is 3.15. The lowest BCUT2D eigenvalue weighted by Gasteiger charge is -2.32. The van der Waals surface area contributed by atoms with Gasteiger partial charge in [0.1, 0.15) is 5.69 Å². The zero-order valence-electron chi connectivity index (χ0n) is 10.1. The van der Waals surface area contributed by atoms with E-state index >= 15 is 0 Å². The molecule has 0 spiro atoms. The first-order chi connectivity index (χ1) is 9.27. The van der Waals surface area contributed by atoms with Crippen molar-refractivity contribution >= 4 is 11.9 Å². The van der Waals surface area contributed by atoms with Crippen molar-refractivity contribution in [2.24, 2.45) is 5.92 Å². The van der Waals surface area contributed by atoms with Gasteiger partial charge in [0, 0.05) is 12.2 Å². The van der Waals surface area contributed by atoms with Crippen molar-refractivity contribution in [2.75, 3.05) is 0 Å². The summed E-state index contributed by atoms with van der Waals surface area (Å²) in [7, 11) is 0. The number of carbonyl (C=O) groups is 2. The predicted octanol–water partition coefficient (Wildman–Crippen LogP) is 1.69. The summed E-state index contributed by atoms with van der Waals surface area (Å²) in [4.78, 5) is 25.7. The molecule has 0 unspecified atom stereocenters. The minimum atomic E-state index is -4.50. The fourth-order valence-corrected chi connectivity index (χ4v) is 1.89. The molecule has 0 saturated heterocycles. The van der Waals surface area contributed by atoms with Crippen LogP contribution in [0.4, 0.5) is 13.2 Å². The van der Waals surface area contributed by atoms with Gasteiger partial charge < -0.3 is 10.4 Å². The summed E-state index contributed by atoms with van der Waals surface area (Å²) >= 11 is 0. The second kappa shape index (κ2) is 5.10. The van der Waals surface area contributed by atoms with Crippen LogP contribution in [-0.2, 0) is 11.0 Å². The average molecular weight is 288 g/mol.